The summed E-state index contributed by atoms with van der Waals surface area (Å²) >= 11 is 6.65. The topological polar surface area (TPSA) is 69.8 Å². The summed E-state index contributed by atoms with van der Waals surface area (Å²) in [4.78, 5) is 17.3. The summed E-state index contributed by atoms with van der Waals surface area (Å²) in [5.41, 5.74) is 7.12. The smallest absolute Gasteiger partial charge is 0.239 e. The number of benzene rings is 1. The lowest BCUT2D eigenvalue weighted by Crippen LogP contribution is -2.52. The molecule has 5 nitrogen and oxygen atoms in total. The fourth-order valence-electron chi connectivity index (χ4n) is 4.05. The van der Waals surface area contributed by atoms with Crippen molar-refractivity contribution in [1.82, 2.24) is 9.80 Å². The normalized spacial score (nSPS) is 21.0. The van der Waals surface area contributed by atoms with Gasteiger partial charge < -0.3 is 20.6 Å². The van der Waals surface area contributed by atoms with Crippen molar-refractivity contribution >= 4 is 37.8 Å². The Balaban J connectivity index is 1.53. The van der Waals surface area contributed by atoms with Crippen LogP contribution in [0.1, 0.15) is 37.7 Å². The third kappa shape index (κ3) is 4.80. The zero-order valence-electron chi connectivity index (χ0n) is 15.0. The van der Waals surface area contributed by atoms with Crippen molar-refractivity contribution in [3.05, 3.63) is 26.6 Å². The molecule has 1 aromatic rings. The quantitative estimate of drug-likeness (QED) is 0.682. The molecular formula is C19H27Br2N3O2. The van der Waals surface area contributed by atoms with E-state index >= 15 is 0 Å². The highest BCUT2D eigenvalue weighted by molar-refractivity contribution is 9.11. The van der Waals surface area contributed by atoms with Gasteiger partial charge in [-0.3, -0.25) is 4.79 Å². The fraction of sp³-hybridized carbons (Fsp3) is 0.632. The van der Waals surface area contributed by atoms with E-state index in [1.165, 1.54) is 32.4 Å². The van der Waals surface area contributed by atoms with E-state index in [0.717, 1.165) is 31.5 Å². The van der Waals surface area contributed by atoms with Crippen LogP contribution in [0.15, 0.2) is 21.1 Å². The first-order chi connectivity index (χ1) is 12.5. The lowest BCUT2D eigenvalue weighted by atomic mass is 9.98. The maximum atomic E-state index is 12.7. The zero-order valence-corrected chi connectivity index (χ0v) is 18.1. The number of rotatable bonds is 4. The molecule has 0 aliphatic carbocycles. The molecule has 0 saturated carbocycles. The van der Waals surface area contributed by atoms with Crippen LogP contribution in [-0.2, 0) is 11.2 Å². The predicted octanol–water partition coefficient (Wildman–Crippen LogP) is 3.26. The van der Waals surface area contributed by atoms with Gasteiger partial charge in [-0.1, -0.05) is 6.42 Å². The first-order valence-corrected chi connectivity index (χ1v) is 11.0. The maximum absolute atomic E-state index is 12.7. The van der Waals surface area contributed by atoms with Gasteiger partial charge in [0.25, 0.3) is 0 Å². The predicted molar refractivity (Wildman–Crippen MR) is 110 cm³/mol. The minimum absolute atomic E-state index is 0.0300. The van der Waals surface area contributed by atoms with Crippen LogP contribution in [0.25, 0.3) is 0 Å². The standard InChI is InChI=1S/C19H27Br2N3O2/c20-15-10-13(11-16(21)18(15)25)12-17(22)19(26)24-8-4-14(5-9-24)23-6-2-1-3-7-23/h10-11,14,17,25H,1-9,12,22H2/t17-/m1/s1. The minimum atomic E-state index is -0.551. The monoisotopic (exact) mass is 487 g/mol. The second-order valence-electron chi connectivity index (χ2n) is 7.37. The molecule has 2 saturated heterocycles. The largest absolute Gasteiger partial charge is 0.506 e. The van der Waals surface area contributed by atoms with Crippen molar-refractivity contribution in [2.45, 2.75) is 50.6 Å². The summed E-state index contributed by atoms with van der Waals surface area (Å²) in [6.07, 6.45) is 6.53. The van der Waals surface area contributed by atoms with Gasteiger partial charge in [-0.15, -0.1) is 0 Å². The number of phenols is 1. The Hall–Kier alpha value is -0.630. The molecule has 7 heteroatoms. The first-order valence-electron chi connectivity index (χ1n) is 9.41. The van der Waals surface area contributed by atoms with Crippen molar-refractivity contribution in [3.8, 4) is 5.75 Å². The van der Waals surface area contributed by atoms with Crippen LogP contribution in [0, 0.1) is 0 Å². The van der Waals surface area contributed by atoms with Gasteiger partial charge in [0.2, 0.25) is 5.91 Å². The van der Waals surface area contributed by atoms with E-state index in [0.29, 0.717) is 21.4 Å². The number of amides is 1. The molecule has 0 radical (unpaired) electrons. The van der Waals surface area contributed by atoms with Crippen LogP contribution in [0.2, 0.25) is 0 Å². The fourth-order valence-corrected chi connectivity index (χ4v) is 5.33. The Morgan fingerprint density at radius 3 is 2.27 bits per heavy atom. The number of halogens is 2. The highest BCUT2D eigenvalue weighted by atomic mass is 79.9. The van der Waals surface area contributed by atoms with E-state index < -0.39 is 6.04 Å². The number of carbonyl (C=O) groups excluding carboxylic acids is 1. The molecule has 0 aromatic heterocycles. The molecule has 144 valence electrons. The van der Waals surface area contributed by atoms with E-state index in [1.807, 2.05) is 17.0 Å². The van der Waals surface area contributed by atoms with E-state index in [2.05, 4.69) is 36.8 Å². The molecular weight excluding hydrogens is 462 g/mol. The summed E-state index contributed by atoms with van der Waals surface area (Å²) in [7, 11) is 0. The van der Waals surface area contributed by atoms with Gasteiger partial charge in [-0.2, -0.15) is 0 Å². The van der Waals surface area contributed by atoms with Crippen molar-refractivity contribution in [3.63, 3.8) is 0 Å². The highest BCUT2D eigenvalue weighted by Gasteiger charge is 2.29. The molecule has 0 spiro atoms. The zero-order chi connectivity index (χ0) is 18.7. The van der Waals surface area contributed by atoms with Gasteiger partial charge >= 0.3 is 0 Å². The van der Waals surface area contributed by atoms with Crippen LogP contribution in [0.5, 0.6) is 5.75 Å². The van der Waals surface area contributed by atoms with Gasteiger partial charge in [-0.05, 0) is 94.7 Å². The van der Waals surface area contributed by atoms with Gasteiger partial charge in [-0.25, -0.2) is 0 Å². The SMILES string of the molecule is N[C@H](Cc1cc(Br)c(O)c(Br)c1)C(=O)N1CCC(N2CCCCC2)CC1. The Bertz CT molecular complexity index is 619. The Labute approximate surface area is 172 Å². The number of nitrogens with zero attached hydrogens (tertiary/aromatic N) is 2. The Kier molecular flexibility index (Phi) is 6.99. The molecule has 2 aliphatic heterocycles. The molecule has 1 amide bonds. The van der Waals surface area contributed by atoms with Crippen LogP contribution in [0.4, 0.5) is 0 Å². The summed E-state index contributed by atoms with van der Waals surface area (Å²) in [6.45, 7) is 4.03. The third-order valence-electron chi connectivity index (χ3n) is 5.53. The van der Waals surface area contributed by atoms with Gasteiger partial charge in [0.15, 0.2) is 0 Å². The summed E-state index contributed by atoms with van der Waals surface area (Å²) in [6, 6.07) is 3.70. The molecule has 3 N–H and O–H groups in total. The lowest BCUT2D eigenvalue weighted by molar-refractivity contribution is -0.134. The third-order valence-corrected chi connectivity index (χ3v) is 6.74. The highest BCUT2D eigenvalue weighted by Crippen LogP contribution is 2.33. The summed E-state index contributed by atoms with van der Waals surface area (Å²) in [5.74, 6) is 0.191. The van der Waals surface area contributed by atoms with Crippen LogP contribution in [-0.4, -0.2) is 59.1 Å². The molecule has 2 aliphatic rings. The van der Waals surface area contributed by atoms with E-state index in [9.17, 15) is 9.90 Å². The lowest BCUT2D eigenvalue weighted by Gasteiger charge is -2.40. The minimum Gasteiger partial charge on any atom is -0.506 e. The molecule has 3 rings (SSSR count). The number of carbonyl (C=O) groups is 1. The van der Waals surface area contributed by atoms with Gasteiger partial charge in [0, 0.05) is 19.1 Å². The maximum Gasteiger partial charge on any atom is 0.239 e. The van der Waals surface area contributed by atoms with Crippen LogP contribution >= 0.6 is 31.9 Å². The van der Waals surface area contributed by atoms with E-state index in [-0.39, 0.29) is 11.7 Å². The van der Waals surface area contributed by atoms with Crippen molar-refractivity contribution < 1.29 is 9.90 Å². The van der Waals surface area contributed by atoms with E-state index in [4.69, 9.17) is 5.73 Å². The summed E-state index contributed by atoms with van der Waals surface area (Å²) in [5, 5.41) is 9.81. The molecule has 0 unspecified atom stereocenters. The number of hydrogen-bond donors (Lipinski definition) is 2. The molecule has 1 atom stereocenters. The number of likely N-dealkylation sites (tertiary alicyclic amines) is 2. The number of phenolic OH excluding ortho intramolecular Hbond substituents is 1. The Morgan fingerprint density at radius 2 is 1.69 bits per heavy atom. The second-order valence-corrected chi connectivity index (χ2v) is 9.08. The van der Waals surface area contributed by atoms with Gasteiger partial charge in [0.05, 0.1) is 15.0 Å². The van der Waals surface area contributed by atoms with Crippen molar-refractivity contribution in [2.75, 3.05) is 26.2 Å². The molecule has 26 heavy (non-hydrogen) atoms. The van der Waals surface area contributed by atoms with Crippen molar-refractivity contribution in [1.29, 1.82) is 0 Å². The van der Waals surface area contributed by atoms with Gasteiger partial charge in [0.1, 0.15) is 5.75 Å². The number of piperidine rings is 2. The first kappa shape index (κ1) is 20.1. The van der Waals surface area contributed by atoms with Crippen molar-refractivity contribution in [2.24, 2.45) is 5.73 Å². The average molecular weight is 489 g/mol. The molecule has 0 bridgehead atoms. The molecule has 1 aromatic carbocycles. The molecule has 2 heterocycles. The number of hydrogen-bond acceptors (Lipinski definition) is 4. The van der Waals surface area contributed by atoms with Crippen LogP contribution < -0.4 is 5.73 Å². The number of nitrogens with two attached hydrogens (primary N) is 1. The van der Waals surface area contributed by atoms with E-state index in [1.54, 1.807) is 0 Å². The molecule has 2 fully saturated rings. The Morgan fingerprint density at radius 1 is 1.12 bits per heavy atom. The van der Waals surface area contributed by atoms with Crippen LogP contribution in [0.3, 0.4) is 0 Å². The number of aromatic hydroxyl groups is 1. The average Bonchev–Trinajstić information content (AvgIpc) is 2.66. The summed E-state index contributed by atoms with van der Waals surface area (Å²) < 4.78 is 1.20. The second kappa shape index (κ2) is 9.04.